The van der Waals surface area contributed by atoms with Gasteiger partial charge < -0.3 is 15.2 Å². The lowest BCUT2D eigenvalue weighted by Crippen LogP contribution is -2.15. The van der Waals surface area contributed by atoms with Crippen molar-refractivity contribution in [2.75, 3.05) is 38.1 Å². The zero-order valence-electron chi connectivity index (χ0n) is 12.2. The lowest BCUT2D eigenvalue weighted by Gasteiger charge is -2.17. The fraction of sp³-hybridized carbons (Fsp3) is 0.462. The molecule has 0 aliphatic carbocycles. The van der Waals surface area contributed by atoms with Gasteiger partial charge in [-0.25, -0.2) is 13.2 Å². The molecule has 118 valence electrons. The van der Waals surface area contributed by atoms with Crippen LogP contribution in [0.5, 0.6) is 0 Å². The number of carboxylic acid groups (broad SMARTS) is 1. The van der Waals surface area contributed by atoms with Crippen LogP contribution in [0.25, 0.3) is 0 Å². The molecule has 0 bridgehead atoms. The van der Waals surface area contributed by atoms with Crippen molar-refractivity contribution in [2.45, 2.75) is 10.6 Å². The molecule has 0 aliphatic heterocycles. The van der Waals surface area contributed by atoms with Crippen molar-refractivity contribution >= 4 is 33.3 Å². The van der Waals surface area contributed by atoms with Gasteiger partial charge in [0.25, 0.3) is 0 Å². The van der Waals surface area contributed by atoms with Crippen molar-refractivity contribution in [3.8, 4) is 0 Å². The molecule has 0 heterocycles. The molecule has 0 amide bonds. The lowest BCUT2D eigenvalue weighted by molar-refractivity contribution is 0.0696. The van der Waals surface area contributed by atoms with Crippen LogP contribution >= 0.6 is 11.8 Å². The number of ether oxygens (including phenoxy) is 1. The summed E-state index contributed by atoms with van der Waals surface area (Å²) < 4.78 is 28.7. The number of anilines is 1. The smallest absolute Gasteiger partial charge is 0.336 e. The monoisotopic (exact) mass is 333 g/mol. The molecule has 0 radical (unpaired) electrons. The summed E-state index contributed by atoms with van der Waals surface area (Å²) in [5, 5.41) is 12.3. The van der Waals surface area contributed by atoms with Gasteiger partial charge in [0.2, 0.25) is 0 Å². The van der Waals surface area contributed by atoms with Crippen LogP contribution in [-0.2, 0) is 20.3 Å². The van der Waals surface area contributed by atoms with Crippen molar-refractivity contribution in [3.05, 3.63) is 23.3 Å². The largest absolute Gasteiger partial charge is 0.478 e. The normalized spacial score (nSPS) is 11.4. The summed E-state index contributed by atoms with van der Waals surface area (Å²) in [6, 6.07) is 2.67. The van der Waals surface area contributed by atoms with Gasteiger partial charge in [0.15, 0.2) is 9.84 Å². The van der Waals surface area contributed by atoms with E-state index in [0.717, 1.165) is 6.26 Å². The lowest BCUT2D eigenvalue weighted by atomic mass is 10.1. The third kappa shape index (κ3) is 4.62. The highest BCUT2D eigenvalue weighted by Gasteiger charge is 2.21. The van der Waals surface area contributed by atoms with Gasteiger partial charge in [-0.05, 0) is 18.4 Å². The van der Waals surface area contributed by atoms with Crippen LogP contribution in [0.2, 0.25) is 0 Å². The Morgan fingerprint density at radius 1 is 1.43 bits per heavy atom. The molecule has 2 N–H and O–H groups in total. The highest BCUT2D eigenvalue weighted by Crippen LogP contribution is 2.31. The first-order valence-corrected chi connectivity index (χ1v) is 9.42. The van der Waals surface area contributed by atoms with E-state index in [-0.39, 0.29) is 10.5 Å². The van der Waals surface area contributed by atoms with Gasteiger partial charge in [0.1, 0.15) is 0 Å². The maximum absolute atomic E-state index is 11.9. The first kappa shape index (κ1) is 17.8. The minimum atomic E-state index is -3.46. The van der Waals surface area contributed by atoms with E-state index < -0.39 is 15.8 Å². The number of methoxy groups -OCH3 is 1. The van der Waals surface area contributed by atoms with E-state index in [4.69, 9.17) is 4.74 Å². The van der Waals surface area contributed by atoms with Crippen LogP contribution < -0.4 is 5.32 Å². The summed E-state index contributed by atoms with van der Waals surface area (Å²) in [6.45, 7) is 0.780. The topological polar surface area (TPSA) is 92.7 Å². The molecular weight excluding hydrogens is 314 g/mol. The van der Waals surface area contributed by atoms with Crippen molar-refractivity contribution in [3.63, 3.8) is 0 Å². The zero-order chi connectivity index (χ0) is 16.0. The Morgan fingerprint density at radius 3 is 2.57 bits per heavy atom. The van der Waals surface area contributed by atoms with Gasteiger partial charge in [-0.3, -0.25) is 0 Å². The minimum Gasteiger partial charge on any atom is -0.478 e. The predicted molar refractivity (Wildman–Crippen MR) is 84.1 cm³/mol. The summed E-state index contributed by atoms with van der Waals surface area (Å²) in [4.78, 5) is 11.4. The maximum Gasteiger partial charge on any atom is 0.336 e. The Balaban J connectivity index is 3.46. The summed E-state index contributed by atoms with van der Waals surface area (Å²) in [7, 11) is -1.92. The van der Waals surface area contributed by atoms with E-state index in [1.807, 2.05) is 6.26 Å². The highest BCUT2D eigenvalue weighted by atomic mass is 32.2. The van der Waals surface area contributed by atoms with Gasteiger partial charge >= 0.3 is 5.97 Å². The number of hydrogen-bond acceptors (Lipinski definition) is 6. The molecule has 0 aromatic heterocycles. The number of carbonyl (C=O) groups is 1. The fourth-order valence-corrected chi connectivity index (χ4v) is 3.37. The Hall–Kier alpha value is -1.25. The molecule has 0 unspecified atom stereocenters. The molecular formula is C13H19NO5S2. The standard InChI is InChI=1S/C13H19NO5S2/c1-19-7-6-14-12-10(8-20-2)9(13(15)16)4-5-11(12)21(3,17)18/h4-5,14H,6-8H2,1-3H3,(H,15,16). The van der Waals surface area contributed by atoms with E-state index in [9.17, 15) is 18.3 Å². The molecule has 8 heteroatoms. The SMILES string of the molecule is COCCNc1c(S(C)(=O)=O)ccc(C(=O)O)c1CSC. The number of hydrogen-bond donors (Lipinski definition) is 2. The highest BCUT2D eigenvalue weighted by molar-refractivity contribution is 7.97. The molecule has 0 fully saturated rings. The number of benzene rings is 1. The minimum absolute atomic E-state index is 0.104. The molecule has 1 rings (SSSR count). The Bertz CT molecular complexity index is 613. The maximum atomic E-state index is 11.9. The van der Waals surface area contributed by atoms with E-state index in [2.05, 4.69) is 5.32 Å². The van der Waals surface area contributed by atoms with Crippen LogP contribution in [0, 0.1) is 0 Å². The van der Waals surface area contributed by atoms with Gasteiger partial charge in [-0.2, -0.15) is 11.8 Å². The van der Waals surface area contributed by atoms with E-state index in [1.165, 1.54) is 31.0 Å². The number of sulfone groups is 1. The van der Waals surface area contributed by atoms with Crippen molar-refractivity contribution in [1.29, 1.82) is 0 Å². The molecule has 0 aliphatic rings. The summed E-state index contributed by atoms with van der Waals surface area (Å²) in [5.41, 5.74) is 0.939. The number of nitrogens with one attached hydrogen (secondary N) is 1. The van der Waals surface area contributed by atoms with Gasteiger partial charge in [0.05, 0.1) is 22.8 Å². The molecule has 0 saturated carbocycles. The Kier molecular flexibility index (Phi) is 6.50. The fourth-order valence-electron chi connectivity index (χ4n) is 1.90. The first-order chi connectivity index (χ1) is 9.82. The summed E-state index contributed by atoms with van der Waals surface area (Å²) in [5.74, 6) is -0.672. The second-order valence-corrected chi connectivity index (χ2v) is 7.24. The molecule has 1 aromatic rings. The van der Waals surface area contributed by atoms with Crippen LogP contribution in [0.4, 0.5) is 5.69 Å². The Morgan fingerprint density at radius 2 is 2.10 bits per heavy atom. The van der Waals surface area contributed by atoms with Gasteiger partial charge in [-0.1, -0.05) is 0 Å². The van der Waals surface area contributed by atoms with Crippen LogP contribution in [-0.4, -0.2) is 52.3 Å². The molecule has 0 saturated heterocycles. The van der Waals surface area contributed by atoms with E-state index in [1.54, 1.807) is 0 Å². The zero-order valence-corrected chi connectivity index (χ0v) is 13.8. The van der Waals surface area contributed by atoms with Crippen LogP contribution in [0.15, 0.2) is 17.0 Å². The molecule has 0 atom stereocenters. The molecule has 1 aromatic carbocycles. The Labute approximate surface area is 128 Å². The molecule has 0 spiro atoms. The number of aromatic carboxylic acids is 1. The molecule has 6 nitrogen and oxygen atoms in total. The number of thioether (sulfide) groups is 1. The second kappa shape index (κ2) is 7.67. The second-order valence-electron chi connectivity index (χ2n) is 4.39. The average Bonchev–Trinajstić information content (AvgIpc) is 2.38. The summed E-state index contributed by atoms with van der Waals surface area (Å²) in [6.07, 6.45) is 2.94. The van der Waals surface area contributed by atoms with Crippen molar-refractivity contribution in [2.24, 2.45) is 0 Å². The van der Waals surface area contributed by atoms with Gasteiger partial charge in [0, 0.05) is 31.2 Å². The van der Waals surface area contributed by atoms with Crippen molar-refractivity contribution < 1.29 is 23.1 Å². The third-order valence-corrected chi connectivity index (χ3v) is 4.52. The van der Waals surface area contributed by atoms with Crippen LogP contribution in [0.3, 0.4) is 0 Å². The van der Waals surface area contributed by atoms with Crippen molar-refractivity contribution in [1.82, 2.24) is 0 Å². The number of rotatable bonds is 8. The number of carboxylic acids is 1. The third-order valence-electron chi connectivity index (χ3n) is 2.80. The first-order valence-electron chi connectivity index (χ1n) is 6.14. The quantitative estimate of drug-likeness (QED) is 0.700. The summed E-state index contributed by atoms with van der Waals surface area (Å²) >= 11 is 1.43. The van der Waals surface area contributed by atoms with E-state index in [0.29, 0.717) is 30.2 Å². The van der Waals surface area contributed by atoms with Gasteiger partial charge in [-0.15, -0.1) is 0 Å². The van der Waals surface area contributed by atoms with Crippen LogP contribution in [0.1, 0.15) is 15.9 Å². The predicted octanol–water partition coefficient (Wildman–Crippen LogP) is 1.71. The van der Waals surface area contributed by atoms with E-state index >= 15 is 0 Å². The average molecular weight is 333 g/mol. The molecule has 21 heavy (non-hydrogen) atoms.